The number of rotatable bonds is 3. The molecular weight excluding hydrogens is 311 g/mol. The summed E-state index contributed by atoms with van der Waals surface area (Å²) in [6.07, 6.45) is 0.817. The highest BCUT2D eigenvalue weighted by atomic mass is 79.9. The van der Waals surface area contributed by atoms with Gasteiger partial charge < -0.3 is 10.2 Å². The van der Waals surface area contributed by atoms with Gasteiger partial charge in [0.05, 0.1) is 0 Å². The third kappa shape index (κ3) is 3.76. The molecule has 1 N–H and O–H groups in total. The van der Waals surface area contributed by atoms with Crippen LogP contribution < -0.4 is 5.32 Å². The maximum atomic E-state index is 13.7. The minimum absolute atomic E-state index is 0.108. The highest BCUT2D eigenvalue weighted by molar-refractivity contribution is 9.10. The molecule has 0 aromatic heterocycles. The fourth-order valence-electron chi connectivity index (χ4n) is 2.32. The van der Waals surface area contributed by atoms with Gasteiger partial charge in [-0.1, -0.05) is 22.0 Å². The van der Waals surface area contributed by atoms with E-state index in [1.54, 1.807) is 12.1 Å². The molecule has 1 saturated heterocycles. The van der Waals surface area contributed by atoms with E-state index >= 15 is 0 Å². The molecule has 104 valence electrons. The third-order valence-electron chi connectivity index (χ3n) is 3.44. The molecular formula is C14H18BrFN2O. The molecule has 0 saturated carbocycles. The fourth-order valence-corrected chi connectivity index (χ4v) is 2.65. The molecule has 0 unspecified atom stereocenters. The van der Waals surface area contributed by atoms with Gasteiger partial charge in [-0.05, 0) is 31.0 Å². The van der Waals surface area contributed by atoms with Gasteiger partial charge in [0.15, 0.2) is 0 Å². The number of hydrogen-bond acceptors (Lipinski definition) is 2. The molecule has 1 aliphatic rings. The van der Waals surface area contributed by atoms with E-state index in [0.29, 0.717) is 18.4 Å². The summed E-state index contributed by atoms with van der Waals surface area (Å²) in [7, 11) is 0. The van der Waals surface area contributed by atoms with Gasteiger partial charge in [0.2, 0.25) is 5.91 Å². The number of carbonyl (C=O) groups is 1. The second kappa shape index (κ2) is 6.48. The van der Waals surface area contributed by atoms with Gasteiger partial charge in [-0.2, -0.15) is 0 Å². The van der Waals surface area contributed by atoms with Gasteiger partial charge >= 0.3 is 0 Å². The van der Waals surface area contributed by atoms with Crippen LogP contribution in [0.25, 0.3) is 0 Å². The highest BCUT2D eigenvalue weighted by Gasteiger charge is 2.22. The lowest BCUT2D eigenvalue weighted by molar-refractivity contribution is -0.133. The molecule has 0 aliphatic carbocycles. The Balaban J connectivity index is 1.92. The maximum Gasteiger partial charge on any atom is 0.223 e. The zero-order valence-electron chi connectivity index (χ0n) is 11.0. The summed E-state index contributed by atoms with van der Waals surface area (Å²) in [5.41, 5.74) is 0.597. The van der Waals surface area contributed by atoms with E-state index in [-0.39, 0.29) is 17.8 Å². The van der Waals surface area contributed by atoms with E-state index in [1.165, 1.54) is 6.07 Å². The summed E-state index contributed by atoms with van der Waals surface area (Å²) in [6, 6.07) is 5.19. The van der Waals surface area contributed by atoms with Crippen LogP contribution in [0.1, 0.15) is 18.9 Å². The number of halogens is 2. The fraction of sp³-hybridized carbons (Fsp3) is 0.500. The molecule has 19 heavy (non-hydrogen) atoms. The summed E-state index contributed by atoms with van der Waals surface area (Å²) in [5, 5.41) is 3.25. The standard InChI is InChI=1S/C14H18BrFN2O/c1-10-9-17-6-7-18(10)14(19)5-3-11-2-4-12(15)8-13(11)16/h2,4,8,10,17H,3,5-7,9H2,1H3/t10-/m0/s1. The van der Waals surface area contributed by atoms with E-state index < -0.39 is 0 Å². The summed E-state index contributed by atoms with van der Waals surface area (Å²) in [5.74, 6) is -0.146. The Kier molecular flexibility index (Phi) is 4.93. The van der Waals surface area contributed by atoms with E-state index in [1.807, 2.05) is 11.8 Å². The van der Waals surface area contributed by atoms with E-state index in [2.05, 4.69) is 21.2 Å². The predicted molar refractivity (Wildman–Crippen MR) is 76.5 cm³/mol. The Hall–Kier alpha value is -0.940. The first-order valence-corrected chi connectivity index (χ1v) is 7.31. The number of nitrogens with zero attached hydrogens (tertiary/aromatic N) is 1. The van der Waals surface area contributed by atoms with Crippen molar-refractivity contribution >= 4 is 21.8 Å². The number of aryl methyl sites for hydroxylation is 1. The average molecular weight is 329 g/mol. The van der Waals surface area contributed by atoms with Crippen molar-refractivity contribution < 1.29 is 9.18 Å². The number of piperazine rings is 1. The van der Waals surface area contributed by atoms with Gasteiger partial charge in [0, 0.05) is 36.6 Å². The lowest BCUT2D eigenvalue weighted by atomic mass is 10.1. The van der Waals surface area contributed by atoms with Gasteiger partial charge in [-0.25, -0.2) is 4.39 Å². The van der Waals surface area contributed by atoms with Crippen LogP contribution >= 0.6 is 15.9 Å². The van der Waals surface area contributed by atoms with Gasteiger partial charge in [0.1, 0.15) is 5.82 Å². The zero-order valence-corrected chi connectivity index (χ0v) is 12.5. The van der Waals surface area contributed by atoms with Crippen molar-refractivity contribution in [2.75, 3.05) is 19.6 Å². The summed E-state index contributed by atoms with van der Waals surface area (Å²) >= 11 is 3.22. The minimum Gasteiger partial charge on any atom is -0.337 e. The summed E-state index contributed by atoms with van der Waals surface area (Å²) in [6.45, 7) is 4.44. The van der Waals surface area contributed by atoms with Crippen LogP contribution in [0.4, 0.5) is 4.39 Å². The highest BCUT2D eigenvalue weighted by Crippen LogP contribution is 2.17. The van der Waals surface area contributed by atoms with Gasteiger partial charge in [0.25, 0.3) is 0 Å². The van der Waals surface area contributed by atoms with Crippen molar-refractivity contribution in [1.82, 2.24) is 10.2 Å². The molecule has 1 aromatic rings. The van der Waals surface area contributed by atoms with Crippen LogP contribution in [0.15, 0.2) is 22.7 Å². The van der Waals surface area contributed by atoms with Crippen LogP contribution in [-0.2, 0) is 11.2 Å². The Bertz CT molecular complexity index is 467. The summed E-state index contributed by atoms with van der Waals surface area (Å²) < 4.78 is 14.4. The Labute approximate surface area is 121 Å². The first kappa shape index (κ1) is 14.5. The number of hydrogen-bond donors (Lipinski definition) is 1. The van der Waals surface area contributed by atoms with Crippen molar-refractivity contribution in [3.63, 3.8) is 0 Å². The quantitative estimate of drug-likeness (QED) is 0.923. The second-order valence-corrected chi connectivity index (χ2v) is 5.79. The molecule has 0 bridgehead atoms. The molecule has 1 heterocycles. The van der Waals surface area contributed by atoms with Crippen LogP contribution in [-0.4, -0.2) is 36.5 Å². The van der Waals surface area contributed by atoms with Gasteiger partial charge in [-0.3, -0.25) is 4.79 Å². The smallest absolute Gasteiger partial charge is 0.223 e. The van der Waals surface area contributed by atoms with Crippen LogP contribution in [0.2, 0.25) is 0 Å². The molecule has 0 spiro atoms. The lowest BCUT2D eigenvalue weighted by Gasteiger charge is -2.34. The maximum absolute atomic E-state index is 13.7. The van der Waals surface area contributed by atoms with Crippen molar-refractivity contribution in [2.45, 2.75) is 25.8 Å². The number of amides is 1. The molecule has 1 amide bonds. The van der Waals surface area contributed by atoms with Gasteiger partial charge in [-0.15, -0.1) is 0 Å². The van der Waals surface area contributed by atoms with Crippen molar-refractivity contribution in [3.05, 3.63) is 34.1 Å². The molecule has 1 aliphatic heterocycles. The number of nitrogens with one attached hydrogen (secondary N) is 1. The minimum atomic E-state index is -0.254. The molecule has 1 atom stereocenters. The molecule has 1 fully saturated rings. The molecule has 3 nitrogen and oxygen atoms in total. The molecule has 5 heteroatoms. The molecule has 1 aromatic carbocycles. The topological polar surface area (TPSA) is 32.3 Å². The second-order valence-electron chi connectivity index (χ2n) is 4.88. The first-order chi connectivity index (χ1) is 9.08. The van der Waals surface area contributed by atoms with E-state index in [0.717, 1.165) is 24.1 Å². The van der Waals surface area contributed by atoms with Crippen molar-refractivity contribution in [3.8, 4) is 0 Å². The van der Waals surface area contributed by atoms with E-state index in [4.69, 9.17) is 0 Å². The average Bonchev–Trinajstić information content (AvgIpc) is 2.38. The predicted octanol–water partition coefficient (Wildman–Crippen LogP) is 2.34. The summed E-state index contributed by atoms with van der Waals surface area (Å²) in [4.78, 5) is 14.0. The SMILES string of the molecule is C[C@H]1CNCCN1C(=O)CCc1ccc(Br)cc1F. The van der Waals surface area contributed by atoms with Crippen molar-refractivity contribution in [2.24, 2.45) is 0 Å². The largest absolute Gasteiger partial charge is 0.337 e. The van der Waals surface area contributed by atoms with Crippen LogP contribution in [0.3, 0.4) is 0 Å². The molecule has 2 rings (SSSR count). The number of carbonyl (C=O) groups excluding carboxylic acids is 1. The first-order valence-electron chi connectivity index (χ1n) is 6.52. The zero-order chi connectivity index (χ0) is 13.8. The Morgan fingerprint density at radius 1 is 1.58 bits per heavy atom. The van der Waals surface area contributed by atoms with Crippen LogP contribution in [0, 0.1) is 5.82 Å². The Morgan fingerprint density at radius 2 is 2.37 bits per heavy atom. The number of benzene rings is 1. The van der Waals surface area contributed by atoms with Crippen molar-refractivity contribution in [1.29, 1.82) is 0 Å². The molecule has 0 radical (unpaired) electrons. The normalized spacial score (nSPS) is 19.5. The van der Waals surface area contributed by atoms with Crippen LogP contribution in [0.5, 0.6) is 0 Å². The third-order valence-corrected chi connectivity index (χ3v) is 3.94. The Morgan fingerprint density at radius 3 is 3.05 bits per heavy atom. The lowest BCUT2D eigenvalue weighted by Crippen LogP contribution is -2.52. The van der Waals surface area contributed by atoms with E-state index in [9.17, 15) is 9.18 Å². The monoisotopic (exact) mass is 328 g/mol.